The van der Waals surface area contributed by atoms with Crippen LogP contribution in [0.4, 0.5) is 5.69 Å². The molecule has 11 heteroatoms. The first-order valence-corrected chi connectivity index (χ1v) is 19.3. The summed E-state index contributed by atoms with van der Waals surface area (Å²) in [5, 5.41) is 12.9. The van der Waals surface area contributed by atoms with Gasteiger partial charge in [-0.2, -0.15) is 0 Å². The number of fused-ring (bicyclic) bond motifs is 6. The summed E-state index contributed by atoms with van der Waals surface area (Å²) in [6.45, 7) is 7.21. The molecule has 9 rings (SSSR count). The van der Waals surface area contributed by atoms with Crippen molar-refractivity contribution in [3.63, 3.8) is 0 Å². The van der Waals surface area contributed by atoms with Crippen molar-refractivity contribution in [1.82, 2.24) is 14.8 Å². The maximum Gasteiger partial charge on any atom is 0.322 e. The Morgan fingerprint density at radius 2 is 1.94 bits per heavy atom. The van der Waals surface area contributed by atoms with E-state index in [-0.39, 0.29) is 42.0 Å². The molecule has 280 valence electrons. The van der Waals surface area contributed by atoms with Gasteiger partial charge in [-0.15, -0.1) is 0 Å². The van der Waals surface area contributed by atoms with Crippen LogP contribution in [0.25, 0.3) is 10.9 Å². The lowest BCUT2D eigenvalue weighted by atomic mass is 9.59. The van der Waals surface area contributed by atoms with E-state index in [2.05, 4.69) is 45.1 Å². The van der Waals surface area contributed by atoms with E-state index in [9.17, 15) is 14.7 Å². The van der Waals surface area contributed by atoms with Gasteiger partial charge in [0.05, 0.1) is 31.5 Å². The highest BCUT2D eigenvalue weighted by Crippen LogP contribution is 2.62. The number of nitrogens with zero attached hydrogens (tertiary/aromatic N) is 3. The van der Waals surface area contributed by atoms with Gasteiger partial charge in [0, 0.05) is 85.1 Å². The van der Waals surface area contributed by atoms with E-state index >= 15 is 4.79 Å². The fourth-order valence-electron chi connectivity index (χ4n) is 12.0. The van der Waals surface area contributed by atoms with Gasteiger partial charge in [-0.25, -0.2) is 0 Å². The van der Waals surface area contributed by atoms with Crippen molar-refractivity contribution in [2.45, 2.75) is 87.0 Å². The second-order valence-electron chi connectivity index (χ2n) is 16.5. The topological polar surface area (TPSA) is 125 Å². The lowest BCUT2D eigenvalue weighted by Gasteiger charge is -2.52. The van der Waals surface area contributed by atoms with Crippen molar-refractivity contribution >= 4 is 34.9 Å². The van der Waals surface area contributed by atoms with Crippen LogP contribution in [-0.2, 0) is 41.1 Å². The fraction of sp³-hybridized carbons (Fsp3) is 0.548. The molecule has 53 heavy (non-hydrogen) atoms. The molecule has 9 atom stereocenters. The molecule has 1 spiro atoms. The number of aliphatic hydroxyl groups is 1. The molecule has 1 saturated carbocycles. The van der Waals surface area contributed by atoms with E-state index in [0.717, 1.165) is 72.4 Å². The molecule has 3 fully saturated rings. The van der Waals surface area contributed by atoms with Gasteiger partial charge in [-0.1, -0.05) is 37.3 Å². The van der Waals surface area contributed by atoms with Gasteiger partial charge < -0.3 is 29.2 Å². The maximum atomic E-state index is 15.1. The van der Waals surface area contributed by atoms with Crippen LogP contribution in [0, 0.1) is 11.8 Å². The summed E-state index contributed by atoms with van der Waals surface area (Å²) >= 11 is 0. The van der Waals surface area contributed by atoms with Crippen LogP contribution in [0.1, 0.15) is 68.3 Å². The molecule has 11 nitrogen and oxygen atoms in total. The maximum absolute atomic E-state index is 15.1. The average Bonchev–Trinajstić information content (AvgIpc) is 3.82. The number of carbonyl (C=O) groups excluding carboxylic acids is 3. The smallest absolute Gasteiger partial charge is 0.322 e. The van der Waals surface area contributed by atoms with E-state index in [1.165, 1.54) is 14.0 Å². The number of rotatable bonds is 6. The van der Waals surface area contributed by atoms with Crippen molar-refractivity contribution in [3.05, 3.63) is 70.9 Å². The van der Waals surface area contributed by atoms with Crippen molar-refractivity contribution in [2.24, 2.45) is 11.8 Å². The third-order valence-electron chi connectivity index (χ3n) is 14.0. The Morgan fingerprint density at radius 1 is 1.11 bits per heavy atom. The van der Waals surface area contributed by atoms with Crippen LogP contribution < -0.4 is 9.64 Å². The Bertz CT molecular complexity index is 2030. The predicted molar refractivity (Wildman–Crippen MR) is 199 cm³/mol. The lowest BCUT2D eigenvalue weighted by Crippen LogP contribution is -2.63. The highest BCUT2D eigenvalue weighted by molar-refractivity contribution is 5.95. The number of hydrogen-bond acceptors (Lipinski definition) is 9. The van der Waals surface area contributed by atoms with E-state index in [4.69, 9.17) is 14.2 Å². The molecule has 2 bridgehead atoms. The van der Waals surface area contributed by atoms with Gasteiger partial charge in [0.1, 0.15) is 17.3 Å². The number of benzene rings is 2. The summed E-state index contributed by atoms with van der Waals surface area (Å²) in [6, 6.07) is 12.1. The van der Waals surface area contributed by atoms with Gasteiger partial charge >= 0.3 is 11.9 Å². The van der Waals surface area contributed by atoms with Crippen LogP contribution in [0.2, 0.25) is 0 Å². The van der Waals surface area contributed by atoms with Gasteiger partial charge in [-0.05, 0) is 67.8 Å². The van der Waals surface area contributed by atoms with E-state index in [1.54, 1.807) is 7.11 Å². The number of amides is 1. The molecule has 6 heterocycles. The standard InChI is InChI=1S/C42H50N4O7/c1-5-40(50)20-26-21-42(39(49)52-4,37-28(12-15-44(22-26)23-40)27-9-6-7-11-32(27)43-37)31-17-30-33(18-35(31)51-3)46(24-47)36-19-34(53-25(2)48)29-10-8-14-45-16-13-41(30,36)38(29)45/h6-11,17-18,24,26,29,34,36,38,43,50H,5,12-16,19-23H2,1-4H3/t26?,29?,34?,36?,38?,40?,41?,42-/m0/s1. The molecule has 8 unspecified atom stereocenters. The molecule has 2 N–H and O–H groups in total. The number of anilines is 1. The van der Waals surface area contributed by atoms with Crippen molar-refractivity contribution in [3.8, 4) is 5.75 Å². The third kappa shape index (κ3) is 4.85. The number of nitrogens with one attached hydrogen (secondary N) is 1. The molecule has 1 aromatic heterocycles. The predicted octanol–water partition coefficient (Wildman–Crippen LogP) is 4.22. The largest absolute Gasteiger partial charge is 0.496 e. The zero-order valence-corrected chi connectivity index (χ0v) is 31.1. The van der Waals surface area contributed by atoms with Crippen LogP contribution >= 0.6 is 0 Å². The number of piperidine rings is 1. The van der Waals surface area contributed by atoms with Gasteiger partial charge in [0.15, 0.2) is 0 Å². The number of para-hydroxylation sites is 1. The summed E-state index contributed by atoms with van der Waals surface area (Å²) in [7, 11) is 3.08. The molecular formula is C42H50N4O7. The monoisotopic (exact) mass is 722 g/mol. The quantitative estimate of drug-likeness (QED) is 0.219. The lowest BCUT2D eigenvalue weighted by molar-refractivity contribution is -0.153. The fourth-order valence-corrected chi connectivity index (χ4v) is 12.0. The highest BCUT2D eigenvalue weighted by atomic mass is 16.5. The number of carbonyl (C=O) groups is 3. The second-order valence-corrected chi connectivity index (χ2v) is 16.5. The van der Waals surface area contributed by atoms with Crippen LogP contribution in [0.15, 0.2) is 48.6 Å². The zero-order valence-electron chi connectivity index (χ0n) is 31.1. The second kappa shape index (κ2) is 12.4. The molecule has 5 aliphatic heterocycles. The zero-order chi connectivity index (χ0) is 36.9. The number of hydrogen-bond donors (Lipinski definition) is 2. The van der Waals surface area contributed by atoms with Gasteiger partial charge in [-0.3, -0.25) is 24.2 Å². The summed E-state index contributed by atoms with van der Waals surface area (Å²) in [5.41, 5.74) is 2.67. The minimum absolute atomic E-state index is 0.00902. The number of aromatic nitrogens is 1. The average molecular weight is 723 g/mol. The first-order valence-electron chi connectivity index (χ1n) is 19.3. The number of ether oxygens (including phenoxy) is 3. The number of esters is 2. The minimum Gasteiger partial charge on any atom is -0.496 e. The molecule has 0 radical (unpaired) electrons. The Hall–Kier alpha value is -4.19. The normalized spacial score (nSPS) is 35.6. The number of methoxy groups -OCH3 is 2. The van der Waals surface area contributed by atoms with Gasteiger partial charge in [0.25, 0.3) is 0 Å². The molecule has 2 saturated heterocycles. The Kier molecular flexibility index (Phi) is 8.11. The summed E-state index contributed by atoms with van der Waals surface area (Å²) in [6.07, 6.45) is 8.52. The van der Waals surface area contributed by atoms with Crippen LogP contribution in [0.3, 0.4) is 0 Å². The highest BCUT2D eigenvalue weighted by Gasteiger charge is 2.67. The first kappa shape index (κ1) is 34.6. The number of aromatic amines is 1. The minimum atomic E-state index is -1.32. The number of H-pyrrole nitrogens is 1. The van der Waals surface area contributed by atoms with Crippen molar-refractivity contribution < 1.29 is 33.7 Å². The summed E-state index contributed by atoms with van der Waals surface area (Å²) in [5.74, 6) is -0.281. The molecule has 6 aliphatic rings. The molecule has 3 aromatic rings. The van der Waals surface area contributed by atoms with Crippen molar-refractivity contribution in [1.29, 1.82) is 0 Å². The molecule has 2 aromatic carbocycles. The van der Waals surface area contributed by atoms with Gasteiger partial charge in [0.2, 0.25) is 6.41 Å². The Morgan fingerprint density at radius 3 is 2.70 bits per heavy atom. The van der Waals surface area contributed by atoms with E-state index in [0.29, 0.717) is 50.0 Å². The van der Waals surface area contributed by atoms with Crippen LogP contribution in [-0.4, -0.2) is 109 Å². The Labute approximate surface area is 310 Å². The molecular weight excluding hydrogens is 672 g/mol. The molecule has 1 aliphatic carbocycles. The van der Waals surface area contributed by atoms with Crippen LogP contribution in [0.5, 0.6) is 5.75 Å². The van der Waals surface area contributed by atoms with E-state index < -0.39 is 16.4 Å². The third-order valence-corrected chi connectivity index (χ3v) is 14.0. The summed E-state index contributed by atoms with van der Waals surface area (Å²) in [4.78, 5) is 51.2. The van der Waals surface area contributed by atoms with E-state index in [1.807, 2.05) is 30.0 Å². The van der Waals surface area contributed by atoms with Crippen molar-refractivity contribution in [2.75, 3.05) is 51.8 Å². The SMILES string of the molecule is CCC1(O)CC2CN(CCc3c([nH]c4ccccc34)[C@@](C(=O)OC)(c3cc4c(cc3OC)N(C=O)C3CC(OC(C)=O)C5C=CCN6CCC43C56)C2)C1. The molecule has 1 amide bonds. The summed E-state index contributed by atoms with van der Waals surface area (Å²) < 4.78 is 18.2. The first-order chi connectivity index (χ1) is 25.6. The Balaban J connectivity index is 1.31.